The predicted molar refractivity (Wildman–Crippen MR) is 84.4 cm³/mol. The number of amides is 1. The molecule has 0 spiro atoms. The minimum absolute atomic E-state index is 0.165. The maximum absolute atomic E-state index is 12.8. The van der Waals surface area contributed by atoms with Crippen molar-refractivity contribution >= 4 is 11.9 Å². The summed E-state index contributed by atoms with van der Waals surface area (Å²) in [6.07, 6.45) is 1.99. The molecule has 0 bridgehead atoms. The summed E-state index contributed by atoms with van der Waals surface area (Å²) in [5.41, 5.74) is -0.108. The van der Waals surface area contributed by atoms with Gasteiger partial charge in [0, 0.05) is 19.3 Å². The maximum atomic E-state index is 12.8. The first-order chi connectivity index (χ1) is 10.8. The number of Topliss-reactive ketones (excluding diaryl/α,β-unsaturated/α-hetero) is 1. The third-order valence-corrected chi connectivity index (χ3v) is 3.46. The topological polar surface area (TPSA) is 73.7 Å². The Kier molecular flexibility index (Phi) is 5.41. The fourth-order valence-corrected chi connectivity index (χ4v) is 2.46. The molecule has 0 N–H and O–H groups in total. The lowest BCUT2D eigenvalue weighted by atomic mass is 10.1. The molecule has 1 aliphatic heterocycles. The monoisotopic (exact) mass is 323 g/mol. The molecule has 2 rings (SSSR count). The van der Waals surface area contributed by atoms with Gasteiger partial charge in [0.2, 0.25) is 5.78 Å². The molecular formula is C16H25N3O4. The van der Waals surface area contributed by atoms with Gasteiger partial charge in [-0.25, -0.2) is 4.79 Å². The maximum Gasteiger partial charge on any atom is 0.411 e. The van der Waals surface area contributed by atoms with E-state index in [1.54, 1.807) is 37.7 Å². The highest BCUT2D eigenvalue weighted by molar-refractivity contribution is 6.00. The highest BCUT2D eigenvalue weighted by Gasteiger charge is 2.36. The minimum atomic E-state index is -0.675. The highest BCUT2D eigenvalue weighted by Crippen LogP contribution is 2.18. The zero-order chi connectivity index (χ0) is 17.0. The number of rotatable bonds is 4. The van der Waals surface area contributed by atoms with Crippen molar-refractivity contribution < 1.29 is 19.1 Å². The number of hydrogen-bond acceptors (Lipinski definition) is 5. The van der Waals surface area contributed by atoms with Crippen LogP contribution in [0.4, 0.5) is 4.79 Å². The normalized spacial score (nSPS) is 18.8. The summed E-state index contributed by atoms with van der Waals surface area (Å²) in [4.78, 5) is 26.7. The third-order valence-electron chi connectivity index (χ3n) is 3.46. The van der Waals surface area contributed by atoms with Crippen molar-refractivity contribution in [1.29, 1.82) is 0 Å². The van der Waals surface area contributed by atoms with E-state index in [0.29, 0.717) is 25.4 Å². The standard InChI is InChI=1S/C16H25N3O4/c1-5-8-19-12(6-7-17-19)14(20)13-11-22-10-9-18(13)15(21)23-16(2,3)4/h6-7,13H,5,8-11H2,1-4H3. The molecule has 1 unspecified atom stereocenters. The van der Waals surface area contributed by atoms with Crippen molar-refractivity contribution in [1.82, 2.24) is 14.7 Å². The summed E-state index contributed by atoms with van der Waals surface area (Å²) >= 11 is 0. The van der Waals surface area contributed by atoms with Crippen LogP contribution in [0.25, 0.3) is 0 Å². The minimum Gasteiger partial charge on any atom is -0.444 e. The molecule has 0 radical (unpaired) electrons. The van der Waals surface area contributed by atoms with Crippen molar-refractivity contribution in [3.63, 3.8) is 0 Å². The molecule has 0 saturated carbocycles. The molecule has 128 valence electrons. The lowest BCUT2D eigenvalue weighted by Crippen LogP contribution is -2.54. The Bertz CT molecular complexity index is 562. The molecule has 1 atom stereocenters. The van der Waals surface area contributed by atoms with Gasteiger partial charge in [-0.3, -0.25) is 14.4 Å². The summed E-state index contributed by atoms with van der Waals surface area (Å²) in [6, 6.07) is 1.01. The molecule has 1 aliphatic rings. The van der Waals surface area contributed by atoms with E-state index < -0.39 is 17.7 Å². The van der Waals surface area contributed by atoms with Crippen LogP contribution in [0.2, 0.25) is 0 Å². The summed E-state index contributed by atoms with van der Waals surface area (Å²) in [7, 11) is 0. The molecule has 1 saturated heterocycles. The Labute approximate surface area is 136 Å². The van der Waals surface area contributed by atoms with Gasteiger partial charge < -0.3 is 9.47 Å². The van der Waals surface area contributed by atoms with Crippen LogP contribution in [0.1, 0.15) is 44.6 Å². The predicted octanol–water partition coefficient (Wildman–Crippen LogP) is 2.11. The Balaban J connectivity index is 2.18. The van der Waals surface area contributed by atoms with Gasteiger partial charge in [-0.15, -0.1) is 0 Å². The summed E-state index contributed by atoms with van der Waals surface area (Å²) in [5, 5.41) is 4.17. The van der Waals surface area contributed by atoms with Crippen LogP contribution in [0.5, 0.6) is 0 Å². The summed E-state index contributed by atoms with van der Waals surface area (Å²) in [5.74, 6) is -0.165. The number of carbonyl (C=O) groups excluding carboxylic acids is 2. The van der Waals surface area contributed by atoms with Crippen LogP contribution in [-0.4, -0.2) is 58.0 Å². The van der Waals surface area contributed by atoms with E-state index in [0.717, 1.165) is 6.42 Å². The van der Waals surface area contributed by atoms with Crippen LogP contribution in [0.15, 0.2) is 12.3 Å². The van der Waals surface area contributed by atoms with Gasteiger partial charge in [0.15, 0.2) is 0 Å². The first-order valence-corrected chi connectivity index (χ1v) is 7.97. The summed E-state index contributed by atoms with van der Waals surface area (Å²) in [6.45, 7) is 9.01. The van der Waals surface area contributed by atoms with Crippen LogP contribution >= 0.6 is 0 Å². The Morgan fingerprint density at radius 3 is 2.83 bits per heavy atom. The van der Waals surface area contributed by atoms with E-state index in [1.807, 2.05) is 6.92 Å². The van der Waals surface area contributed by atoms with Crippen molar-refractivity contribution in [3.05, 3.63) is 18.0 Å². The third kappa shape index (κ3) is 4.31. The fourth-order valence-electron chi connectivity index (χ4n) is 2.46. The Morgan fingerprint density at radius 1 is 1.43 bits per heavy atom. The average Bonchev–Trinajstić information content (AvgIpc) is 2.93. The largest absolute Gasteiger partial charge is 0.444 e. The first kappa shape index (κ1) is 17.5. The zero-order valence-corrected chi connectivity index (χ0v) is 14.2. The number of hydrogen-bond donors (Lipinski definition) is 0. The van der Waals surface area contributed by atoms with Gasteiger partial charge in [0.05, 0.1) is 13.2 Å². The SMILES string of the molecule is CCCn1nccc1C(=O)C1COCCN1C(=O)OC(C)(C)C. The molecule has 23 heavy (non-hydrogen) atoms. The molecule has 7 nitrogen and oxygen atoms in total. The molecule has 0 aliphatic carbocycles. The van der Waals surface area contributed by atoms with Crippen molar-refractivity contribution in [2.75, 3.05) is 19.8 Å². The zero-order valence-electron chi connectivity index (χ0n) is 14.2. The molecule has 1 fully saturated rings. The second kappa shape index (κ2) is 7.12. The number of nitrogens with zero attached hydrogens (tertiary/aromatic N) is 3. The second-order valence-electron chi connectivity index (χ2n) is 6.57. The lowest BCUT2D eigenvalue weighted by Gasteiger charge is -2.35. The molecule has 2 heterocycles. The lowest BCUT2D eigenvalue weighted by molar-refractivity contribution is -0.0267. The van der Waals surface area contributed by atoms with E-state index >= 15 is 0 Å². The van der Waals surface area contributed by atoms with Crippen LogP contribution in [-0.2, 0) is 16.0 Å². The van der Waals surface area contributed by atoms with Crippen molar-refractivity contribution in [2.24, 2.45) is 0 Å². The number of aromatic nitrogens is 2. The number of ketones is 1. The van der Waals surface area contributed by atoms with E-state index in [2.05, 4.69) is 5.10 Å². The smallest absolute Gasteiger partial charge is 0.411 e. The van der Waals surface area contributed by atoms with Crippen LogP contribution in [0.3, 0.4) is 0 Å². The van der Waals surface area contributed by atoms with Gasteiger partial charge in [-0.05, 0) is 33.3 Å². The summed E-state index contributed by atoms with van der Waals surface area (Å²) < 4.78 is 12.5. The molecule has 1 aromatic heterocycles. The molecule has 1 amide bonds. The van der Waals surface area contributed by atoms with E-state index in [-0.39, 0.29) is 12.4 Å². The molecule has 1 aromatic rings. The Hall–Kier alpha value is -1.89. The number of aryl methyl sites for hydroxylation is 1. The van der Waals surface area contributed by atoms with Gasteiger partial charge >= 0.3 is 6.09 Å². The quantitative estimate of drug-likeness (QED) is 0.794. The molecule has 7 heteroatoms. The van der Waals surface area contributed by atoms with E-state index in [4.69, 9.17) is 9.47 Å². The molecule has 0 aromatic carbocycles. The molecular weight excluding hydrogens is 298 g/mol. The number of morpholine rings is 1. The van der Waals surface area contributed by atoms with Gasteiger partial charge in [0.1, 0.15) is 17.3 Å². The number of ether oxygens (including phenoxy) is 2. The van der Waals surface area contributed by atoms with Crippen LogP contribution < -0.4 is 0 Å². The first-order valence-electron chi connectivity index (χ1n) is 7.97. The van der Waals surface area contributed by atoms with Crippen LogP contribution in [0, 0.1) is 0 Å². The Morgan fingerprint density at radius 2 is 2.17 bits per heavy atom. The van der Waals surface area contributed by atoms with Crippen molar-refractivity contribution in [2.45, 2.75) is 52.3 Å². The average molecular weight is 323 g/mol. The van der Waals surface area contributed by atoms with Gasteiger partial charge in [0.25, 0.3) is 0 Å². The highest BCUT2D eigenvalue weighted by atomic mass is 16.6. The fraction of sp³-hybridized carbons (Fsp3) is 0.688. The second-order valence-corrected chi connectivity index (χ2v) is 6.57. The number of carbonyl (C=O) groups is 2. The van der Waals surface area contributed by atoms with Gasteiger partial charge in [-0.1, -0.05) is 6.92 Å². The van der Waals surface area contributed by atoms with E-state index in [1.165, 1.54) is 4.90 Å². The van der Waals surface area contributed by atoms with Crippen molar-refractivity contribution in [3.8, 4) is 0 Å². The van der Waals surface area contributed by atoms with Gasteiger partial charge in [-0.2, -0.15) is 5.10 Å². The van der Waals surface area contributed by atoms with E-state index in [9.17, 15) is 9.59 Å².